The molecule has 0 fully saturated rings. The van der Waals surface area contributed by atoms with Gasteiger partial charge in [-0.15, -0.1) is 0 Å². The topological polar surface area (TPSA) is 151 Å². The van der Waals surface area contributed by atoms with Crippen LogP contribution in [0, 0.1) is 0 Å². The Morgan fingerprint density at radius 1 is 0.812 bits per heavy atom. The number of amides is 3. The third-order valence-corrected chi connectivity index (χ3v) is 6.05. The summed E-state index contributed by atoms with van der Waals surface area (Å²) in [6.45, 7) is 17.0. The van der Waals surface area contributed by atoms with Gasteiger partial charge in [-0.25, -0.2) is 28.8 Å². The Hall–Kier alpha value is -4.88. The molecule has 0 saturated heterocycles. The maximum atomic E-state index is 13.6. The van der Waals surface area contributed by atoms with Crippen molar-refractivity contribution < 1.29 is 42.9 Å². The van der Waals surface area contributed by atoms with Gasteiger partial charge in [-0.1, -0.05) is 12.1 Å². The normalized spacial score (nSPS) is 11.9. The fourth-order valence-electron chi connectivity index (χ4n) is 4.16. The maximum absolute atomic E-state index is 13.6. The van der Waals surface area contributed by atoms with Crippen molar-refractivity contribution in [2.75, 3.05) is 31.2 Å². The minimum Gasteiger partial charge on any atom is -0.493 e. The van der Waals surface area contributed by atoms with Crippen LogP contribution >= 0.6 is 0 Å². The zero-order valence-electron chi connectivity index (χ0n) is 29.5. The van der Waals surface area contributed by atoms with Gasteiger partial charge in [0.2, 0.25) is 0 Å². The molecule has 3 aromatic rings. The number of hydrogen-bond donors (Lipinski definition) is 0. The molecule has 2 heterocycles. The van der Waals surface area contributed by atoms with Crippen molar-refractivity contribution >= 4 is 35.7 Å². The Balaban J connectivity index is 1.96. The van der Waals surface area contributed by atoms with Gasteiger partial charge in [0.15, 0.2) is 5.65 Å². The van der Waals surface area contributed by atoms with Crippen molar-refractivity contribution in [2.45, 2.75) is 92.5 Å². The molecule has 2 aromatic heterocycles. The molecule has 0 saturated carbocycles. The average Bonchev–Trinajstić information content (AvgIpc) is 3.36. The van der Waals surface area contributed by atoms with E-state index in [-0.39, 0.29) is 37.9 Å². The van der Waals surface area contributed by atoms with E-state index in [9.17, 15) is 19.2 Å². The molecule has 0 bridgehead atoms. The van der Waals surface area contributed by atoms with Crippen LogP contribution in [-0.4, -0.2) is 86.9 Å². The molecule has 0 spiro atoms. The first-order chi connectivity index (χ1) is 22.3. The molecule has 3 rings (SSSR count). The zero-order valence-corrected chi connectivity index (χ0v) is 29.5. The highest BCUT2D eigenvalue weighted by Gasteiger charge is 2.33. The molecule has 0 N–H and O–H groups in total. The Morgan fingerprint density at radius 2 is 1.42 bits per heavy atom. The Kier molecular flexibility index (Phi) is 12.0. The van der Waals surface area contributed by atoms with Crippen LogP contribution in [0.15, 0.2) is 42.7 Å². The number of aromatic nitrogens is 3. The second-order valence-corrected chi connectivity index (χ2v) is 13.8. The van der Waals surface area contributed by atoms with E-state index in [1.165, 1.54) is 4.90 Å². The number of carbonyl (C=O) groups is 4. The molecule has 0 unspecified atom stereocenters. The summed E-state index contributed by atoms with van der Waals surface area (Å²) in [5, 5.41) is 4.41. The summed E-state index contributed by atoms with van der Waals surface area (Å²) in [5.74, 6) is 0.378. The lowest BCUT2D eigenvalue weighted by Crippen LogP contribution is -2.48. The molecule has 14 nitrogen and oxygen atoms in total. The highest BCUT2D eigenvalue weighted by atomic mass is 16.6. The summed E-state index contributed by atoms with van der Waals surface area (Å²) >= 11 is 0. The summed E-state index contributed by atoms with van der Waals surface area (Å²) in [6.07, 6.45) is 0.787. The molecule has 1 aromatic carbocycles. The molecular formula is C34H47N5O9. The first-order valence-electron chi connectivity index (χ1n) is 15.7. The smallest absolute Gasteiger partial charge is 0.419 e. The van der Waals surface area contributed by atoms with Crippen LogP contribution in [0.25, 0.3) is 16.8 Å². The van der Waals surface area contributed by atoms with Crippen LogP contribution in [0.1, 0.15) is 75.7 Å². The van der Waals surface area contributed by atoms with E-state index in [2.05, 4.69) is 5.10 Å². The number of anilines is 1. The minimum absolute atomic E-state index is 0.111. The standard InChI is InChI=1S/C34H47N5O9/c1-11-44-27(40)16-20-45-24-14-12-13-23(21-24)25-22-35-39-17-15-26(36-28(25)39)37(29(41)46-32(2,3)4)18-19-38(30(42)47-33(5,6)7)31(43)48-34(8,9)10/h12-15,17,21-22H,11,16,18-20H2,1-10H3. The number of benzene rings is 1. The number of imide groups is 1. The van der Waals surface area contributed by atoms with Gasteiger partial charge in [0.1, 0.15) is 28.4 Å². The van der Waals surface area contributed by atoms with Crippen LogP contribution in [0.5, 0.6) is 5.75 Å². The first kappa shape index (κ1) is 37.6. The van der Waals surface area contributed by atoms with Gasteiger partial charge in [-0.05, 0) is 93.0 Å². The highest BCUT2D eigenvalue weighted by molar-refractivity contribution is 5.90. The monoisotopic (exact) mass is 669 g/mol. The van der Waals surface area contributed by atoms with E-state index in [0.29, 0.717) is 23.6 Å². The number of nitrogens with zero attached hydrogens (tertiary/aromatic N) is 5. The van der Waals surface area contributed by atoms with Gasteiger partial charge >= 0.3 is 24.2 Å². The van der Waals surface area contributed by atoms with Crippen LogP contribution < -0.4 is 9.64 Å². The molecule has 3 amide bonds. The predicted octanol–water partition coefficient (Wildman–Crippen LogP) is 6.64. The lowest BCUT2D eigenvalue weighted by molar-refractivity contribution is -0.143. The Morgan fingerprint density at radius 3 is 2.00 bits per heavy atom. The molecular weight excluding hydrogens is 622 g/mol. The van der Waals surface area contributed by atoms with Gasteiger partial charge in [0, 0.05) is 18.3 Å². The molecule has 14 heteroatoms. The van der Waals surface area contributed by atoms with Gasteiger partial charge < -0.3 is 23.7 Å². The lowest BCUT2D eigenvalue weighted by Gasteiger charge is -2.31. The van der Waals surface area contributed by atoms with E-state index in [1.807, 2.05) is 6.07 Å². The van der Waals surface area contributed by atoms with Crippen molar-refractivity contribution in [3.8, 4) is 16.9 Å². The fourth-order valence-corrected chi connectivity index (χ4v) is 4.16. The average molecular weight is 670 g/mol. The van der Waals surface area contributed by atoms with Crippen molar-refractivity contribution in [3.05, 3.63) is 42.7 Å². The summed E-state index contributed by atoms with van der Waals surface area (Å²) < 4.78 is 28.9. The van der Waals surface area contributed by atoms with Gasteiger partial charge in [0.05, 0.1) is 32.4 Å². The van der Waals surface area contributed by atoms with Crippen LogP contribution in [0.2, 0.25) is 0 Å². The Labute approximate surface area is 281 Å². The van der Waals surface area contributed by atoms with Crippen LogP contribution in [0.4, 0.5) is 20.2 Å². The SMILES string of the molecule is CCOC(=O)CCOc1cccc(-c2cnn3ccc(N(CCN(C(=O)OC(C)(C)C)C(=O)OC(C)(C)C)C(=O)OC(C)(C)C)nc23)c1. The second kappa shape index (κ2) is 15.3. The van der Waals surface area contributed by atoms with Crippen LogP contribution in [-0.2, 0) is 23.7 Å². The third-order valence-electron chi connectivity index (χ3n) is 6.05. The van der Waals surface area contributed by atoms with Crippen LogP contribution in [0.3, 0.4) is 0 Å². The predicted molar refractivity (Wildman–Crippen MR) is 178 cm³/mol. The Bertz CT molecular complexity index is 1570. The number of hydrogen-bond acceptors (Lipinski definition) is 11. The minimum atomic E-state index is -0.924. The summed E-state index contributed by atoms with van der Waals surface area (Å²) in [6, 6.07) is 8.80. The summed E-state index contributed by atoms with van der Waals surface area (Å²) in [7, 11) is 0. The zero-order chi connectivity index (χ0) is 35.9. The van der Waals surface area contributed by atoms with Crippen molar-refractivity contribution in [1.29, 1.82) is 0 Å². The van der Waals surface area contributed by atoms with Gasteiger partial charge in [0.25, 0.3) is 0 Å². The molecule has 262 valence electrons. The van der Waals surface area contributed by atoms with Crippen molar-refractivity contribution in [2.24, 2.45) is 0 Å². The second-order valence-electron chi connectivity index (χ2n) is 13.8. The van der Waals surface area contributed by atoms with Crippen molar-refractivity contribution in [1.82, 2.24) is 19.5 Å². The molecule has 0 atom stereocenters. The maximum Gasteiger partial charge on any atom is 0.419 e. The van der Waals surface area contributed by atoms with E-state index in [1.54, 1.807) is 110 Å². The molecule has 0 aliphatic heterocycles. The third kappa shape index (κ3) is 11.4. The van der Waals surface area contributed by atoms with Gasteiger partial charge in [-0.2, -0.15) is 5.10 Å². The summed E-state index contributed by atoms with van der Waals surface area (Å²) in [4.78, 5) is 58.4. The van der Waals surface area contributed by atoms with E-state index < -0.39 is 35.1 Å². The number of carbonyl (C=O) groups excluding carboxylic acids is 4. The summed E-state index contributed by atoms with van der Waals surface area (Å²) in [5.41, 5.74) is -0.854. The molecule has 0 aliphatic carbocycles. The fraction of sp³-hybridized carbons (Fsp3) is 0.529. The molecule has 0 aliphatic rings. The highest BCUT2D eigenvalue weighted by Crippen LogP contribution is 2.28. The number of fused-ring (bicyclic) bond motifs is 1. The first-order valence-corrected chi connectivity index (χ1v) is 15.7. The largest absolute Gasteiger partial charge is 0.493 e. The quantitative estimate of drug-likeness (QED) is 0.169. The number of esters is 1. The molecule has 0 radical (unpaired) electrons. The van der Waals surface area contributed by atoms with E-state index in [0.717, 1.165) is 10.5 Å². The number of rotatable bonds is 10. The lowest BCUT2D eigenvalue weighted by atomic mass is 10.1. The molecule has 48 heavy (non-hydrogen) atoms. The van der Waals surface area contributed by atoms with E-state index in [4.69, 9.17) is 28.7 Å². The van der Waals surface area contributed by atoms with Crippen molar-refractivity contribution in [3.63, 3.8) is 0 Å². The number of ether oxygens (including phenoxy) is 5. The van der Waals surface area contributed by atoms with Gasteiger partial charge in [-0.3, -0.25) is 9.69 Å². The van der Waals surface area contributed by atoms with E-state index >= 15 is 0 Å².